The molecule has 51 heavy (non-hydrogen) atoms. The number of benzene rings is 4. The molecular formula is C41H36N4O6. The fourth-order valence-electron chi connectivity index (χ4n) is 6.21. The summed E-state index contributed by atoms with van der Waals surface area (Å²) in [6.07, 6.45) is 15.2. The summed E-state index contributed by atoms with van der Waals surface area (Å²) in [6.45, 7) is 0.117. The molecule has 4 N–H and O–H groups in total. The summed E-state index contributed by atoms with van der Waals surface area (Å²) >= 11 is 0. The zero-order chi connectivity index (χ0) is 35.7. The Morgan fingerprint density at radius 3 is 1.33 bits per heavy atom. The minimum Gasteiger partial charge on any atom is -0.479 e. The second kappa shape index (κ2) is 15.8. The average molecular weight is 681 g/mol. The van der Waals surface area contributed by atoms with Gasteiger partial charge in [-0.1, -0.05) is 55.4 Å². The summed E-state index contributed by atoms with van der Waals surface area (Å²) < 4.78 is 11.3. The maximum Gasteiger partial charge on any atom is 0.224 e. The number of unbranched alkanes of at least 4 members (excludes halogenated alkanes) is 4. The molecule has 0 aliphatic carbocycles. The number of nitrogens with one attached hydrogen (secondary N) is 4. The van der Waals surface area contributed by atoms with Gasteiger partial charge in [0.05, 0.1) is 33.4 Å². The average Bonchev–Trinajstić information content (AvgIpc) is 3.13. The number of hydrogen-bond acceptors (Lipinski definition) is 6. The number of fused-ring (bicyclic) bond motifs is 4. The second-order valence-corrected chi connectivity index (χ2v) is 12.1. The van der Waals surface area contributed by atoms with Crippen LogP contribution in [0.4, 0.5) is 11.4 Å². The van der Waals surface area contributed by atoms with Crippen molar-refractivity contribution in [1.82, 2.24) is 9.97 Å². The Kier molecular flexibility index (Phi) is 10.6. The molecule has 10 nitrogen and oxygen atoms in total. The zero-order valence-corrected chi connectivity index (χ0v) is 27.9. The number of aromatic nitrogens is 2. The Labute approximate surface area is 293 Å². The number of pyridine rings is 2. The summed E-state index contributed by atoms with van der Waals surface area (Å²) in [5.41, 5.74) is 2.74. The van der Waals surface area contributed by atoms with Crippen LogP contribution in [0.15, 0.2) is 82.4 Å². The van der Waals surface area contributed by atoms with Crippen molar-refractivity contribution in [2.24, 2.45) is 0 Å². The molecule has 2 aromatic heterocycles. The van der Waals surface area contributed by atoms with Crippen LogP contribution in [0.3, 0.4) is 0 Å². The van der Waals surface area contributed by atoms with Crippen molar-refractivity contribution in [2.45, 2.75) is 44.9 Å². The predicted octanol–water partition coefficient (Wildman–Crippen LogP) is 7.01. The lowest BCUT2D eigenvalue weighted by molar-refractivity contribution is -0.117. The molecule has 0 bridgehead atoms. The van der Waals surface area contributed by atoms with E-state index >= 15 is 0 Å². The highest BCUT2D eigenvalue weighted by atomic mass is 16.5. The Morgan fingerprint density at radius 2 is 0.922 bits per heavy atom. The number of amides is 2. The Balaban J connectivity index is 0.997. The molecule has 6 rings (SSSR count). The van der Waals surface area contributed by atoms with Gasteiger partial charge in [0, 0.05) is 34.4 Å². The molecule has 0 radical (unpaired) electrons. The zero-order valence-electron chi connectivity index (χ0n) is 27.9. The highest BCUT2D eigenvalue weighted by Gasteiger charge is 2.15. The maximum atomic E-state index is 13.3. The van der Waals surface area contributed by atoms with Crippen LogP contribution in [0.5, 0.6) is 11.5 Å². The van der Waals surface area contributed by atoms with Crippen LogP contribution in [0, 0.1) is 24.7 Å². The fourth-order valence-corrected chi connectivity index (χ4v) is 6.21. The van der Waals surface area contributed by atoms with Crippen molar-refractivity contribution in [3.63, 3.8) is 0 Å². The Hall–Kier alpha value is -6.52. The van der Waals surface area contributed by atoms with Crippen LogP contribution in [-0.4, -0.2) is 35.0 Å². The van der Waals surface area contributed by atoms with Gasteiger partial charge < -0.3 is 30.1 Å². The molecule has 6 aromatic rings. The summed E-state index contributed by atoms with van der Waals surface area (Å²) in [7, 11) is 0. The largest absolute Gasteiger partial charge is 0.479 e. The van der Waals surface area contributed by atoms with E-state index < -0.39 is 0 Å². The van der Waals surface area contributed by atoms with E-state index in [9.17, 15) is 19.2 Å². The van der Waals surface area contributed by atoms with Crippen molar-refractivity contribution in [1.29, 1.82) is 0 Å². The molecule has 0 unspecified atom stereocenters. The van der Waals surface area contributed by atoms with Gasteiger partial charge in [0.15, 0.2) is 10.9 Å². The highest BCUT2D eigenvalue weighted by Crippen LogP contribution is 2.29. The predicted molar refractivity (Wildman–Crippen MR) is 202 cm³/mol. The van der Waals surface area contributed by atoms with Crippen LogP contribution < -0.4 is 31.0 Å². The van der Waals surface area contributed by atoms with Gasteiger partial charge in [0.2, 0.25) is 11.8 Å². The van der Waals surface area contributed by atoms with Gasteiger partial charge in [-0.2, -0.15) is 0 Å². The van der Waals surface area contributed by atoms with Crippen LogP contribution in [0.25, 0.3) is 43.6 Å². The third-order valence-corrected chi connectivity index (χ3v) is 8.64. The molecule has 256 valence electrons. The maximum absolute atomic E-state index is 13.3. The third kappa shape index (κ3) is 7.56. The SMILES string of the molecule is C#CCOc1cccc2c(=O)c3cccc(NC(=O)CCCCCCCC(=O)Nc4cccc5c(=O)c6cccc(OCC#C)c6[nH]c45)c3[nH]c12. The lowest BCUT2D eigenvalue weighted by Crippen LogP contribution is -2.13. The van der Waals surface area contributed by atoms with Crippen molar-refractivity contribution < 1.29 is 19.1 Å². The molecule has 10 heteroatoms. The number of carbonyl (C=O) groups excluding carboxylic acids is 2. The monoisotopic (exact) mass is 680 g/mol. The van der Waals surface area contributed by atoms with Crippen LogP contribution >= 0.6 is 0 Å². The van der Waals surface area contributed by atoms with Gasteiger partial charge in [0.1, 0.15) is 24.7 Å². The highest BCUT2D eigenvalue weighted by molar-refractivity contribution is 6.05. The Morgan fingerprint density at radius 1 is 0.549 bits per heavy atom. The number of carbonyl (C=O) groups is 2. The number of para-hydroxylation sites is 4. The quantitative estimate of drug-likeness (QED) is 0.0554. The topological polar surface area (TPSA) is 142 Å². The molecule has 0 saturated heterocycles. The first-order valence-electron chi connectivity index (χ1n) is 16.8. The lowest BCUT2D eigenvalue weighted by atomic mass is 10.1. The van der Waals surface area contributed by atoms with Gasteiger partial charge in [-0.25, -0.2) is 0 Å². The van der Waals surface area contributed by atoms with E-state index in [1.807, 2.05) is 0 Å². The number of anilines is 2. The van der Waals surface area contributed by atoms with E-state index in [0.717, 1.165) is 19.3 Å². The second-order valence-electron chi connectivity index (χ2n) is 12.1. The molecule has 0 aliphatic heterocycles. The molecular weight excluding hydrogens is 644 g/mol. The van der Waals surface area contributed by atoms with E-state index in [2.05, 4.69) is 32.4 Å². The molecule has 0 spiro atoms. The molecule has 0 saturated carbocycles. The van der Waals surface area contributed by atoms with Crippen LogP contribution in [0.1, 0.15) is 44.9 Å². The first-order valence-corrected chi connectivity index (χ1v) is 16.8. The smallest absolute Gasteiger partial charge is 0.224 e. The number of terminal acetylenes is 2. The van der Waals surface area contributed by atoms with E-state index in [1.54, 1.807) is 72.8 Å². The van der Waals surface area contributed by atoms with Gasteiger partial charge in [-0.05, 0) is 61.4 Å². The van der Waals surface area contributed by atoms with E-state index in [-0.39, 0.29) is 35.9 Å². The van der Waals surface area contributed by atoms with Crippen LogP contribution in [-0.2, 0) is 9.59 Å². The van der Waals surface area contributed by atoms with E-state index in [4.69, 9.17) is 22.3 Å². The number of hydrogen-bond donors (Lipinski definition) is 4. The van der Waals surface area contributed by atoms with Gasteiger partial charge in [-0.3, -0.25) is 19.2 Å². The minimum absolute atomic E-state index is 0.0585. The van der Waals surface area contributed by atoms with Crippen molar-refractivity contribution in [3.05, 3.63) is 93.2 Å². The molecule has 2 heterocycles. The fraction of sp³-hybridized carbons (Fsp3) is 0.220. The minimum atomic E-state index is -0.170. The van der Waals surface area contributed by atoms with Gasteiger partial charge in [-0.15, -0.1) is 12.8 Å². The van der Waals surface area contributed by atoms with Crippen LogP contribution in [0.2, 0.25) is 0 Å². The molecule has 0 atom stereocenters. The number of ether oxygens (including phenoxy) is 2. The van der Waals surface area contributed by atoms with E-state index in [0.29, 0.717) is 92.2 Å². The van der Waals surface area contributed by atoms with E-state index in [1.165, 1.54) is 0 Å². The number of rotatable bonds is 14. The summed E-state index contributed by atoms with van der Waals surface area (Å²) in [4.78, 5) is 58.8. The molecule has 0 aliphatic rings. The Bertz CT molecular complexity index is 2310. The van der Waals surface area contributed by atoms with Crippen molar-refractivity contribution in [3.8, 4) is 36.2 Å². The van der Waals surface area contributed by atoms with Gasteiger partial charge >= 0.3 is 0 Å². The lowest BCUT2D eigenvalue weighted by Gasteiger charge is -2.12. The first kappa shape index (κ1) is 34.3. The third-order valence-electron chi connectivity index (χ3n) is 8.64. The molecule has 4 aromatic carbocycles. The van der Waals surface area contributed by atoms with Crippen molar-refractivity contribution >= 4 is 66.8 Å². The number of H-pyrrole nitrogens is 2. The summed E-state index contributed by atoms with van der Waals surface area (Å²) in [5, 5.41) is 7.75. The molecule has 0 fully saturated rings. The summed E-state index contributed by atoms with van der Waals surface area (Å²) in [5.74, 6) is 5.47. The summed E-state index contributed by atoms with van der Waals surface area (Å²) in [6, 6.07) is 20.8. The molecule has 2 amide bonds. The standard InChI is InChI=1S/C41H36N4O6/c1-3-24-50-32-20-12-16-28-38(32)44-36-26(40(28)48)14-10-18-30(36)42-34(46)22-8-6-5-7-9-23-35(47)43-31-19-11-15-27-37(31)45-39-29(41(27)49)17-13-21-33(39)51-25-4-2/h1-2,10-21H,5-9,22-25H2,(H,42,46)(H,43,47)(H,44,48)(H,45,49). The number of aromatic amines is 2. The first-order chi connectivity index (χ1) is 24.9. The van der Waals surface area contributed by atoms with Gasteiger partial charge in [0.25, 0.3) is 0 Å². The normalized spacial score (nSPS) is 10.9. The van der Waals surface area contributed by atoms with Crippen molar-refractivity contribution in [2.75, 3.05) is 23.8 Å².